The van der Waals surface area contributed by atoms with Crippen molar-refractivity contribution in [1.29, 1.82) is 0 Å². The average Bonchev–Trinajstić information content (AvgIpc) is 2.93. The Morgan fingerprint density at radius 3 is 2.76 bits per heavy atom. The van der Waals surface area contributed by atoms with Gasteiger partial charge in [-0.2, -0.15) is 0 Å². The fourth-order valence-electron chi connectivity index (χ4n) is 1.75. The zero-order valence-corrected chi connectivity index (χ0v) is 11.1. The summed E-state index contributed by atoms with van der Waals surface area (Å²) in [5.74, 6) is 0.435. The van der Waals surface area contributed by atoms with Gasteiger partial charge in [-0.1, -0.05) is 0 Å². The fourth-order valence-corrected chi connectivity index (χ4v) is 1.75. The van der Waals surface area contributed by atoms with Gasteiger partial charge >= 0.3 is 5.69 Å². The Balaban J connectivity index is 2.36. The molecule has 1 amide bonds. The van der Waals surface area contributed by atoms with Crippen molar-refractivity contribution in [2.45, 2.75) is 0 Å². The van der Waals surface area contributed by atoms with Crippen LogP contribution < -0.4 is 10.5 Å². The summed E-state index contributed by atoms with van der Waals surface area (Å²) in [5.41, 5.74) is 5.36. The first-order chi connectivity index (χ1) is 10.0. The maximum atomic E-state index is 11.0. The van der Waals surface area contributed by atoms with Gasteiger partial charge in [0.15, 0.2) is 5.75 Å². The zero-order valence-electron chi connectivity index (χ0n) is 11.1. The van der Waals surface area contributed by atoms with Crippen LogP contribution >= 0.6 is 0 Å². The zero-order chi connectivity index (χ0) is 15.4. The van der Waals surface area contributed by atoms with Gasteiger partial charge in [0.05, 0.1) is 12.0 Å². The third-order valence-corrected chi connectivity index (χ3v) is 2.70. The van der Waals surface area contributed by atoms with Gasteiger partial charge in [0.2, 0.25) is 5.91 Å². The lowest BCUT2D eigenvalue weighted by Crippen LogP contribution is -2.04. The normalized spacial score (nSPS) is 10.7. The molecular weight excluding hydrogens is 276 g/mol. The minimum Gasteiger partial charge on any atom is -0.490 e. The van der Waals surface area contributed by atoms with Gasteiger partial charge in [-0.05, 0) is 30.3 Å². The molecule has 1 aromatic heterocycles. The molecule has 2 N–H and O–H groups in total. The molecule has 0 bridgehead atoms. The Morgan fingerprint density at radius 2 is 2.14 bits per heavy atom. The summed E-state index contributed by atoms with van der Waals surface area (Å²) in [6.45, 7) is 0. The number of nitro benzene ring substituents is 1. The average molecular weight is 288 g/mol. The van der Waals surface area contributed by atoms with E-state index in [9.17, 15) is 14.9 Å². The number of hydrogen-bond donors (Lipinski definition) is 1. The summed E-state index contributed by atoms with van der Waals surface area (Å²) in [6, 6.07) is 7.78. The molecule has 1 heterocycles. The van der Waals surface area contributed by atoms with E-state index in [2.05, 4.69) is 0 Å². The molecule has 0 unspecified atom stereocenters. The molecule has 1 aromatic carbocycles. The molecule has 0 aliphatic heterocycles. The van der Waals surface area contributed by atoms with Crippen LogP contribution in [0.4, 0.5) is 5.69 Å². The van der Waals surface area contributed by atoms with Crippen LogP contribution in [0.2, 0.25) is 0 Å². The highest BCUT2D eigenvalue weighted by Gasteiger charge is 2.17. The first-order valence-corrected chi connectivity index (χ1v) is 5.91. The fraction of sp³-hybridized carbons (Fsp3) is 0.0714. The van der Waals surface area contributed by atoms with Gasteiger partial charge in [0, 0.05) is 17.7 Å². The Bertz CT molecular complexity index is 718. The van der Waals surface area contributed by atoms with Gasteiger partial charge in [0.1, 0.15) is 11.5 Å². The second-order valence-electron chi connectivity index (χ2n) is 4.08. The van der Waals surface area contributed by atoms with E-state index < -0.39 is 10.8 Å². The number of nitro groups is 1. The number of carbonyl (C=O) groups is 1. The van der Waals surface area contributed by atoms with Gasteiger partial charge in [-0.25, -0.2) is 0 Å². The van der Waals surface area contributed by atoms with Gasteiger partial charge in [0.25, 0.3) is 0 Å². The van der Waals surface area contributed by atoms with E-state index >= 15 is 0 Å². The Hall–Kier alpha value is -3.09. The highest BCUT2D eigenvalue weighted by atomic mass is 16.6. The number of nitrogens with two attached hydrogens (primary N) is 1. The molecule has 7 nitrogen and oxygen atoms in total. The number of nitrogens with zero attached hydrogens (tertiary/aromatic N) is 1. The highest BCUT2D eigenvalue weighted by molar-refractivity contribution is 5.89. The predicted octanol–water partition coefficient (Wildman–Crippen LogP) is 2.36. The Morgan fingerprint density at radius 1 is 1.38 bits per heavy atom. The SMILES string of the molecule is COc1ccc(-c2ccc(/C=C/C(N)=O)o2)cc1[N+](=O)[O-]. The smallest absolute Gasteiger partial charge is 0.311 e. The monoisotopic (exact) mass is 288 g/mol. The standard InChI is InChI=1S/C14H12N2O5/c1-20-13-5-2-9(8-11(13)16(18)19)12-6-3-10(21-12)4-7-14(15)17/h2-8H,1H3,(H2,15,17)/b7-4+. The van der Waals surface area contributed by atoms with Crippen molar-refractivity contribution < 1.29 is 18.9 Å². The lowest BCUT2D eigenvalue weighted by molar-refractivity contribution is -0.385. The number of hydrogen-bond acceptors (Lipinski definition) is 5. The molecule has 7 heteroatoms. The number of furan rings is 1. The minimum atomic E-state index is -0.590. The number of rotatable bonds is 5. The molecule has 0 radical (unpaired) electrons. The van der Waals surface area contributed by atoms with Crippen molar-refractivity contribution in [2.75, 3.05) is 7.11 Å². The minimum absolute atomic E-state index is 0.152. The van der Waals surface area contributed by atoms with E-state index in [-0.39, 0.29) is 11.4 Å². The van der Waals surface area contributed by atoms with Crippen molar-refractivity contribution >= 4 is 17.7 Å². The highest BCUT2D eigenvalue weighted by Crippen LogP contribution is 2.32. The molecule has 2 rings (SSSR count). The van der Waals surface area contributed by atoms with E-state index in [1.807, 2.05) is 0 Å². The second-order valence-corrected chi connectivity index (χ2v) is 4.08. The number of benzene rings is 1. The number of primary amides is 1. The van der Waals surface area contributed by atoms with E-state index in [0.29, 0.717) is 17.1 Å². The molecule has 21 heavy (non-hydrogen) atoms. The van der Waals surface area contributed by atoms with Gasteiger partial charge in [-0.15, -0.1) is 0 Å². The van der Waals surface area contributed by atoms with E-state index in [1.165, 1.54) is 31.4 Å². The number of methoxy groups -OCH3 is 1. The molecule has 2 aromatic rings. The van der Waals surface area contributed by atoms with Crippen LogP contribution in [0.1, 0.15) is 5.76 Å². The van der Waals surface area contributed by atoms with Crippen molar-refractivity contribution in [2.24, 2.45) is 5.73 Å². The maximum Gasteiger partial charge on any atom is 0.311 e. The summed E-state index contributed by atoms with van der Waals surface area (Å²) in [7, 11) is 1.36. The molecule has 0 aliphatic carbocycles. The van der Waals surface area contributed by atoms with Crippen LogP contribution in [-0.2, 0) is 4.79 Å². The molecule has 0 saturated heterocycles. The molecule has 108 valence electrons. The van der Waals surface area contributed by atoms with E-state index in [4.69, 9.17) is 14.9 Å². The summed E-state index contributed by atoms with van der Waals surface area (Å²) >= 11 is 0. The van der Waals surface area contributed by atoms with E-state index in [1.54, 1.807) is 18.2 Å². The van der Waals surface area contributed by atoms with Crippen molar-refractivity contribution in [3.8, 4) is 17.1 Å². The van der Waals surface area contributed by atoms with Crippen LogP contribution in [0.25, 0.3) is 17.4 Å². The summed E-state index contributed by atoms with van der Waals surface area (Å²) < 4.78 is 10.4. The molecular formula is C14H12N2O5. The third kappa shape index (κ3) is 3.27. The first kappa shape index (κ1) is 14.3. The first-order valence-electron chi connectivity index (χ1n) is 5.91. The quantitative estimate of drug-likeness (QED) is 0.516. The van der Waals surface area contributed by atoms with Crippen LogP contribution in [0.5, 0.6) is 5.75 Å². The van der Waals surface area contributed by atoms with Crippen molar-refractivity contribution in [3.63, 3.8) is 0 Å². The number of carbonyl (C=O) groups excluding carboxylic acids is 1. The predicted molar refractivity (Wildman–Crippen MR) is 75.6 cm³/mol. The number of ether oxygens (including phenoxy) is 1. The molecule has 0 aliphatic rings. The molecule has 0 fully saturated rings. The lowest BCUT2D eigenvalue weighted by Gasteiger charge is -2.03. The van der Waals surface area contributed by atoms with Crippen LogP contribution in [0.3, 0.4) is 0 Å². The third-order valence-electron chi connectivity index (χ3n) is 2.70. The molecule has 0 saturated carbocycles. The summed E-state index contributed by atoms with van der Waals surface area (Å²) in [6.07, 6.45) is 2.59. The van der Waals surface area contributed by atoms with E-state index in [0.717, 1.165) is 0 Å². The topological polar surface area (TPSA) is 109 Å². The summed E-state index contributed by atoms with van der Waals surface area (Å²) in [4.78, 5) is 21.1. The summed E-state index contributed by atoms with van der Waals surface area (Å²) in [5, 5.41) is 11.0. The van der Waals surface area contributed by atoms with Gasteiger partial charge in [-0.3, -0.25) is 14.9 Å². The molecule has 0 atom stereocenters. The lowest BCUT2D eigenvalue weighted by atomic mass is 10.1. The van der Waals surface area contributed by atoms with Crippen molar-refractivity contribution in [3.05, 3.63) is 52.3 Å². The molecule has 0 spiro atoms. The van der Waals surface area contributed by atoms with Crippen LogP contribution in [-0.4, -0.2) is 17.9 Å². The van der Waals surface area contributed by atoms with Crippen molar-refractivity contribution in [1.82, 2.24) is 0 Å². The Kier molecular flexibility index (Phi) is 4.03. The van der Waals surface area contributed by atoms with Crippen LogP contribution in [0.15, 0.2) is 40.8 Å². The second kappa shape index (κ2) is 5.91. The number of amides is 1. The maximum absolute atomic E-state index is 11.0. The Labute approximate surface area is 119 Å². The van der Waals surface area contributed by atoms with Gasteiger partial charge < -0.3 is 14.9 Å². The largest absolute Gasteiger partial charge is 0.490 e. The van der Waals surface area contributed by atoms with Crippen LogP contribution in [0, 0.1) is 10.1 Å².